The van der Waals surface area contributed by atoms with Gasteiger partial charge in [-0.2, -0.15) is 5.26 Å². The van der Waals surface area contributed by atoms with Gasteiger partial charge in [0.25, 0.3) is 0 Å². The van der Waals surface area contributed by atoms with Crippen molar-refractivity contribution >= 4 is 208 Å². The number of furan rings is 1. The summed E-state index contributed by atoms with van der Waals surface area (Å²) < 4.78 is 6.80. The molecule has 9 rings (SSSR count). The lowest BCUT2D eigenvalue weighted by Gasteiger charge is -2.27. The minimum Gasteiger partial charge on any atom is -0.456 e. The summed E-state index contributed by atoms with van der Waals surface area (Å²) >= 11 is 0. The van der Waals surface area contributed by atoms with Gasteiger partial charge in [-0.3, -0.25) is 0 Å². The molecule has 0 saturated heterocycles. The molecule has 2 aromatic heterocycles. The monoisotopic (exact) mass is 820 g/mol. The van der Waals surface area contributed by atoms with Crippen molar-refractivity contribution in [2.24, 2.45) is 0 Å². The Hall–Kier alpha value is -6.25. The standard InChI is InChI=1S/C46H42B14N4O/c47-30-26(31(48)37(54)32(49)27(30)28-33(50)38(55)42(59)39(56)34(28)51)22-5-2-6-23-25(22)21-12-11-20(14-24(21)65-23)45-62-44(18-9-7-17(8-10-18)19-4-1-3-16(13-19)15-61)63-46(64-45)29-35(52)40(57)43(60)41(58)36(29)53/h1-14H,47-60H2. The molecule has 7 aromatic carbocycles. The second-order valence-corrected chi connectivity index (χ2v) is 18.3. The predicted molar refractivity (Wildman–Crippen MR) is 319 cm³/mol. The molecule has 0 N–H and O–H groups in total. The van der Waals surface area contributed by atoms with Crippen LogP contribution in [-0.4, -0.2) is 125 Å². The fourth-order valence-electron chi connectivity index (χ4n) is 10.3. The van der Waals surface area contributed by atoms with E-state index in [1.54, 1.807) is 0 Å². The molecule has 0 bridgehead atoms. The Labute approximate surface area is 394 Å². The number of nitriles is 1. The van der Waals surface area contributed by atoms with Crippen LogP contribution in [0.3, 0.4) is 0 Å². The Morgan fingerprint density at radius 3 is 1.43 bits per heavy atom. The summed E-state index contributed by atoms with van der Waals surface area (Å²) in [4.78, 5) is 15.6. The topological polar surface area (TPSA) is 75.6 Å². The van der Waals surface area contributed by atoms with Crippen molar-refractivity contribution in [2.75, 3.05) is 0 Å². The molecule has 0 fully saturated rings. The van der Waals surface area contributed by atoms with E-state index in [9.17, 15) is 5.26 Å². The van der Waals surface area contributed by atoms with Gasteiger partial charge in [0.2, 0.25) is 0 Å². The fraction of sp³-hybridized carbons (Fsp3) is 0. The van der Waals surface area contributed by atoms with E-state index in [-0.39, 0.29) is 0 Å². The highest BCUT2D eigenvalue weighted by Gasteiger charge is 2.24. The first-order valence-corrected chi connectivity index (χ1v) is 22.6. The maximum Gasteiger partial charge on any atom is 0.164 e. The average Bonchev–Trinajstić information content (AvgIpc) is 3.70. The molecule has 0 aliphatic heterocycles. The zero-order chi connectivity index (χ0) is 46.3. The highest BCUT2D eigenvalue weighted by Crippen LogP contribution is 2.38. The minimum absolute atomic E-state index is 0.577. The predicted octanol–water partition coefficient (Wildman–Crippen LogP) is -12.7. The molecular weight excluding hydrogens is 776 g/mol. The van der Waals surface area contributed by atoms with E-state index < -0.39 is 0 Å². The first-order chi connectivity index (χ1) is 31.0. The van der Waals surface area contributed by atoms with Gasteiger partial charge in [-0.05, 0) is 63.7 Å². The molecule has 0 aliphatic rings. The van der Waals surface area contributed by atoms with Crippen LogP contribution in [0.4, 0.5) is 0 Å². The van der Waals surface area contributed by atoms with Gasteiger partial charge in [0.05, 0.1) is 11.6 Å². The Kier molecular flexibility index (Phi) is 11.3. The van der Waals surface area contributed by atoms with Crippen LogP contribution in [0.25, 0.3) is 89.5 Å². The van der Waals surface area contributed by atoms with Gasteiger partial charge in [-0.25, -0.2) is 15.0 Å². The molecule has 0 aliphatic carbocycles. The number of aromatic nitrogens is 3. The highest BCUT2D eigenvalue weighted by atomic mass is 16.3. The van der Waals surface area contributed by atoms with E-state index in [2.05, 4.69) is 177 Å². The number of fused-ring (bicyclic) bond motifs is 3. The third-order valence-electron chi connectivity index (χ3n) is 15.2. The van der Waals surface area contributed by atoms with Crippen molar-refractivity contribution in [3.8, 4) is 73.6 Å². The largest absolute Gasteiger partial charge is 0.456 e. The summed E-state index contributed by atoms with van der Waals surface area (Å²) in [6.07, 6.45) is 0. The van der Waals surface area contributed by atoms with E-state index in [0.717, 1.165) is 49.8 Å². The molecule has 0 radical (unpaired) electrons. The van der Waals surface area contributed by atoms with Crippen molar-refractivity contribution in [1.29, 1.82) is 5.26 Å². The van der Waals surface area contributed by atoms with Gasteiger partial charge in [-0.1, -0.05) is 92.8 Å². The minimum atomic E-state index is 0.577. The Balaban J connectivity index is 1.23. The van der Waals surface area contributed by atoms with Crippen LogP contribution in [0.5, 0.6) is 0 Å². The van der Waals surface area contributed by atoms with Crippen molar-refractivity contribution in [2.45, 2.75) is 0 Å². The van der Waals surface area contributed by atoms with Gasteiger partial charge in [-0.15, -0.1) is 38.2 Å². The summed E-state index contributed by atoms with van der Waals surface area (Å²) in [7, 11) is 31.4. The molecule has 0 spiro atoms. The van der Waals surface area contributed by atoms with E-state index in [4.69, 9.17) is 19.4 Å². The van der Waals surface area contributed by atoms with Gasteiger partial charge in [0, 0.05) is 27.5 Å². The van der Waals surface area contributed by atoms with Crippen LogP contribution in [0.1, 0.15) is 5.56 Å². The van der Waals surface area contributed by atoms with Crippen LogP contribution >= 0.6 is 0 Å². The SMILES string of the molecule is Bc1c(B)c(B)c(-c2nc(-c3ccc(-c4cccc(C#N)c4)cc3)nc(-c3ccc4c(c3)oc3cccc(-c5c(B)c(B)c(B)c(-c6c(B)c(B)c(B)c(B)c6B)c5B)c34)n2)c(B)c1B. The molecule has 19 heteroatoms. The Bertz CT molecular complexity index is 3510. The summed E-state index contributed by atoms with van der Waals surface area (Å²) in [6.45, 7) is 0. The van der Waals surface area contributed by atoms with E-state index in [1.807, 2.05) is 24.3 Å². The van der Waals surface area contributed by atoms with Crippen molar-refractivity contribution < 1.29 is 4.42 Å². The molecule has 2 heterocycles. The van der Waals surface area contributed by atoms with Crippen molar-refractivity contribution in [1.82, 2.24) is 15.0 Å². The van der Waals surface area contributed by atoms with Crippen LogP contribution in [0, 0.1) is 11.3 Å². The second-order valence-electron chi connectivity index (χ2n) is 18.3. The number of hydrogen-bond donors (Lipinski definition) is 0. The molecule has 0 saturated carbocycles. The molecule has 65 heavy (non-hydrogen) atoms. The van der Waals surface area contributed by atoms with E-state index in [0.29, 0.717) is 23.0 Å². The van der Waals surface area contributed by atoms with E-state index >= 15 is 0 Å². The van der Waals surface area contributed by atoms with Gasteiger partial charge in [0.1, 0.15) is 121 Å². The van der Waals surface area contributed by atoms with Crippen molar-refractivity contribution in [3.63, 3.8) is 0 Å². The van der Waals surface area contributed by atoms with Gasteiger partial charge < -0.3 is 4.42 Å². The Morgan fingerprint density at radius 1 is 0.369 bits per heavy atom. The van der Waals surface area contributed by atoms with Crippen LogP contribution < -0.4 is 76.5 Å². The molecule has 9 aromatic rings. The second kappa shape index (κ2) is 16.6. The zero-order valence-electron chi connectivity index (χ0n) is 40.3. The number of benzene rings is 7. The molecule has 0 amide bonds. The lowest BCUT2D eigenvalue weighted by molar-refractivity contribution is 0.669. The summed E-state index contributed by atoms with van der Waals surface area (Å²) in [6, 6.07) is 31.0. The highest BCUT2D eigenvalue weighted by molar-refractivity contribution is 6.71. The summed E-state index contributed by atoms with van der Waals surface area (Å²) in [5, 5.41) is 11.7. The van der Waals surface area contributed by atoms with Crippen LogP contribution in [-0.2, 0) is 0 Å². The van der Waals surface area contributed by atoms with Crippen LogP contribution in [0.2, 0.25) is 0 Å². The van der Waals surface area contributed by atoms with E-state index in [1.165, 1.54) is 98.7 Å². The quantitative estimate of drug-likeness (QED) is 0.156. The first-order valence-electron chi connectivity index (χ1n) is 22.6. The third-order valence-corrected chi connectivity index (χ3v) is 15.2. The summed E-state index contributed by atoms with van der Waals surface area (Å²) in [5.74, 6) is 1.81. The number of nitrogens with zero attached hydrogens (tertiary/aromatic N) is 4. The number of hydrogen-bond acceptors (Lipinski definition) is 5. The molecule has 294 valence electrons. The van der Waals surface area contributed by atoms with Gasteiger partial charge >= 0.3 is 0 Å². The smallest absolute Gasteiger partial charge is 0.164 e. The molecule has 0 atom stereocenters. The molecule has 5 nitrogen and oxygen atoms in total. The third kappa shape index (κ3) is 7.12. The lowest BCUT2D eigenvalue weighted by Crippen LogP contribution is -2.57. The molecule has 0 unspecified atom stereocenters. The maximum atomic E-state index is 9.52. The number of rotatable bonds is 6. The van der Waals surface area contributed by atoms with Crippen LogP contribution in [0.15, 0.2) is 89.3 Å². The lowest BCUT2D eigenvalue weighted by atomic mass is 9.56. The fourth-order valence-corrected chi connectivity index (χ4v) is 10.3. The Morgan fingerprint density at radius 2 is 0.831 bits per heavy atom. The van der Waals surface area contributed by atoms with Gasteiger partial charge in [0.15, 0.2) is 17.5 Å². The van der Waals surface area contributed by atoms with Crippen molar-refractivity contribution in [3.05, 3.63) is 90.5 Å². The average molecular weight is 818 g/mol. The maximum absolute atomic E-state index is 9.52. The first kappa shape index (κ1) is 44.0. The normalized spacial score (nSPS) is 11.3. The summed E-state index contributed by atoms with van der Waals surface area (Å²) in [5.41, 5.74) is 30.3. The molecular formula is C46H42B14N4O. The zero-order valence-corrected chi connectivity index (χ0v) is 40.3.